The standard InChI is InChI=1S/C11H16N2O2/c1-4-15-10-6-5-9(11(14)7-10)8-12-13(2)3/h5-8,14H,4H2,1-3H3. The molecular weight excluding hydrogens is 192 g/mol. The molecule has 0 unspecified atom stereocenters. The summed E-state index contributed by atoms with van der Waals surface area (Å²) in [6.45, 7) is 2.49. The van der Waals surface area contributed by atoms with Gasteiger partial charge in [0.1, 0.15) is 11.5 Å². The molecule has 0 aliphatic rings. The molecule has 0 aliphatic carbocycles. The second kappa shape index (κ2) is 5.24. The Hall–Kier alpha value is -1.71. The highest BCUT2D eigenvalue weighted by atomic mass is 16.5. The van der Waals surface area contributed by atoms with E-state index in [4.69, 9.17) is 4.74 Å². The van der Waals surface area contributed by atoms with E-state index in [0.29, 0.717) is 17.9 Å². The number of nitrogens with zero attached hydrogens (tertiary/aromatic N) is 2. The predicted octanol–water partition coefficient (Wildman–Crippen LogP) is 1.69. The summed E-state index contributed by atoms with van der Waals surface area (Å²) < 4.78 is 5.25. The minimum atomic E-state index is 0.173. The lowest BCUT2D eigenvalue weighted by molar-refractivity contribution is 0.337. The van der Waals surface area contributed by atoms with Gasteiger partial charge in [-0.05, 0) is 19.1 Å². The normalized spacial score (nSPS) is 10.6. The molecule has 0 aliphatic heterocycles. The minimum Gasteiger partial charge on any atom is -0.507 e. The van der Waals surface area contributed by atoms with Gasteiger partial charge in [0.05, 0.1) is 12.8 Å². The summed E-state index contributed by atoms with van der Waals surface area (Å²) in [5.41, 5.74) is 0.673. The van der Waals surface area contributed by atoms with Crippen molar-refractivity contribution in [2.24, 2.45) is 5.10 Å². The van der Waals surface area contributed by atoms with Crippen molar-refractivity contribution in [3.63, 3.8) is 0 Å². The molecule has 4 nitrogen and oxygen atoms in total. The molecule has 0 radical (unpaired) electrons. The molecule has 0 fully saturated rings. The zero-order chi connectivity index (χ0) is 11.3. The van der Waals surface area contributed by atoms with Gasteiger partial charge in [-0.1, -0.05) is 0 Å². The first-order chi connectivity index (χ1) is 7.13. The van der Waals surface area contributed by atoms with Crippen molar-refractivity contribution in [3.8, 4) is 11.5 Å². The second-order valence-electron chi connectivity index (χ2n) is 3.25. The zero-order valence-corrected chi connectivity index (χ0v) is 9.27. The fraction of sp³-hybridized carbons (Fsp3) is 0.364. The van der Waals surface area contributed by atoms with Crippen molar-refractivity contribution in [2.45, 2.75) is 6.92 Å². The van der Waals surface area contributed by atoms with Crippen molar-refractivity contribution < 1.29 is 9.84 Å². The monoisotopic (exact) mass is 208 g/mol. The van der Waals surface area contributed by atoms with E-state index in [2.05, 4.69) is 5.10 Å². The maximum Gasteiger partial charge on any atom is 0.128 e. The Morgan fingerprint density at radius 2 is 2.20 bits per heavy atom. The molecule has 82 valence electrons. The summed E-state index contributed by atoms with van der Waals surface area (Å²) in [4.78, 5) is 0. The van der Waals surface area contributed by atoms with Crippen LogP contribution < -0.4 is 4.74 Å². The van der Waals surface area contributed by atoms with E-state index in [0.717, 1.165) is 0 Å². The second-order valence-corrected chi connectivity index (χ2v) is 3.25. The predicted molar refractivity (Wildman–Crippen MR) is 60.6 cm³/mol. The van der Waals surface area contributed by atoms with Crippen LogP contribution >= 0.6 is 0 Å². The van der Waals surface area contributed by atoms with Crippen LogP contribution in [-0.2, 0) is 0 Å². The SMILES string of the molecule is CCOc1ccc(C=NN(C)C)c(O)c1. The fourth-order valence-electron chi connectivity index (χ4n) is 1.07. The van der Waals surface area contributed by atoms with Crippen LogP contribution in [-0.4, -0.2) is 37.0 Å². The summed E-state index contributed by atoms with van der Waals surface area (Å²) in [6, 6.07) is 5.16. The Bertz CT molecular complexity index is 348. The number of hydrogen-bond acceptors (Lipinski definition) is 4. The lowest BCUT2D eigenvalue weighted by Gasteiger charge is -2.06. The van der Waals surface area contributed by atoms with Gasteiger partial charge in [-0.15, -0.1) is 0 Å². The van der Waals surface area contributed by atoms with E-state index >= 15 is 0 Å². The summed E-state index contributed by atoms with van der Waals surface area (Å²) in [6.07, 6.45) is 1.60. The highest BCUT2D eigenvalue weighted by molar-refractivity contribution is 5.83. The van der Waals surface area contributed by atoms with E-state index in [-0.39, 0.29) is 5.75 Å². The topological polar surface area (TPSA) is 45.1 Å². The van der Waals surface area contributed by atoms with Crippen LogP contribution in [0.4, 0.5) is 0 Å². The summed E-state index contributed by atoms with van der Waals surface area (Å²) in [7, 11) is 3.64. The molecular formula is C11H16N2O2. The van der Waals surface area contributed by atoms with Gasteiger partial charge < -0.3 is 14.9 Å². The molecule has 1 aromatic carbocycles. The first kappa shape index (κ1) is 11.4. The van der Waals surface area contributed by atoms with Gasteiger partial charge in [0.15, 0.2) is 0 Å². The van der Waals surface area contributed by atoms with Crippen molar-refractivity contribution in [1.29, 1.82) is 0 Å². The molecule has 0 heterocycles. The average molecular weight is 208 g/mol. The molecule has 0 aromatic heterocycles. The van der Waals surface area contributed by atoms with Crippen molar-refractivity contribution in [3.05, 3.63) is 23.8 Å². The maximum absolute atomic E-state index is 9.64. The minimum absolute atomic E-state index is 0.173. The van der Waals surface area contributed by atoms with Crippen molar-refractivity contribution in [1.82, 2.24) is 5.01 Å². The maximum atomic E-state index is 9.64. The summed E-state index contributed by atoms with van der Waals surface area (Å²) in [5.74, 6) is 0.837. The Balaban J connectivity index is 2.83. The molecule has 0 atom stereocenters. The number of hydrogen-bond donors (Lipinski definition) is 1. The van der Waals surface area contributed by atoms with Gasteiger partial charge in [-0.3, -0.25) is 0 Å². The smallest absolute Gasteiger partial charge is 0.128 e. The Morgan fingerprint density at radius 1 is 1.47 bits per heavy atom. The average Bonchev–Trinajstić information content (AvgIpc) is 2.17. The van der Waals surface area contributed by atoms with Gasteiger partial charge in [0, 0.05) is 25.7 Å². The van der Waals surface area contributed by atoms with Gasteiger partial charge in [-0.25, -0.2) is 0 Å². The van der Waals surface area contributed by atoms with Crippen LogP contribution in [0.3, 0.4) is 0 Å². The number of ether oxygens (including phenoxy) is 1. The molecule has 1 rings (SSSR count). The molecule has 4 heteroatoms. The molecule has 1 aromatic rings. The molecule has 15 heavy (non-hydrogen) atoms. The van der Waals surface area contributed by atoms with Crippen LogP contribution in [0.25, 0.3) is 0 Å². The number of benzene rings is 1. The van der Waals surface area contributed by atoms with Crippen LogP contribution in [0, 0.1) is 0 Å². The number of aromatic hydroxyl groups is 1. The number of rotatable bonds is 4. The fourth-order valence-corrected chi connectivity index (χ4v) is 1.07. The highest BCUT2D eigenvalue weighted by Gasteiger charge is 2.00. The van der Waals surface area contributed by atoms with Gasteiger partial charge in [0.25, 0.3) is 0 Å². The lowest BCUT2D eigenvalue weighted by Crippen LogP contribution is -2.02. The third-order valence-corrected chi connectivity index (χ3v) is 1.74. The summed E-state index contributed by atoms with van der Waals surface area (Å²) in [5, 5.41) is 15.3. The molecule has 0 bridgehead atoms. The molecule has 0 saturated carbocycles. The van der Waals surface area contributed by atoms with E-state index in [1.807, 2.05) is 21.0 Å². The van der Waals surface area contributed by atoms with Gasteiger partial charge in [-0.2, -0.15) is 5.10 Å². The van der Waals surface area contributed by atoms with Crippen LogP contribution in [0.2, 0.25) is 0 Å². The quantitative estimate of drug-likeness (QED) is 0.605. The van der Waals surface area contributed by atoms with E-state index in [1.165, 1.54) is 0 Å². The van der Waals surface area contributed by atoms with Crippen LogP contribution in [0.15, 0.2) is 23.3 Å². The third kappa shape index (κ3) is 3.50. The van der Waals surface area contributed by atoms with Crippen molar-refractivity contribution in [2.75, 3.05) is 20.7 Å². The van der Waals surface area contributed by atoms with E-state index in [1.54, 1.807) is 29.4 Å². The Kier molecular flexibility index (Phi) is 3.97. The zero-order valence-electron chi connectivity index (χ0n) is 9.27. The highest BCUT2D eigenvalue weighted by Crippen LogP contribution is 2.22. The molecule has 0 saturated heterocycles. The van der Waals surface area contributed by atoms with Crippen LogP contribution in [0.1, 0.15) is 12.5 Å². The molecule has 1 N–H and O–H groups in total. The Morgan fingerprint density at radius 3 is 2.73 bits per heavy atom. The molecule has 0 amide bonds. The van der Waals surface area contributed by atoms with Gasteiger partial charge >= 0.3 is 0 Å². The number of phenols is 1. The van der Waals surface area contributed by atoms with E-state index in [9.17, 15) is 5.11 Å². The van der Waals surface area contributed by atoms with Gasteiger partial charge in [0.2, 0.25) is 0 Å². The van der Waals surface area contributed by atoms with E-state index < -0.39 is 0 Å². The number of hydrazone groups is 1. The lowest BCUT2D eigenvalue weighted by atomic mass is 10.2. The number of phenolic OH excluding ortho intramolecular Hbond substituents is 1. The first-order valence-corrected chi connectivity index (χ1v) is 4.80. The third-order valence-electron chi connectivity index (χ3n) is 1.74. The first-order valence-electron chi connectivity index (χ1n) is 4.80. The van der Waals surface area contributed by atoms with Crippen molar-refractivity contribution >= 4 is 6.21 Å². The largest absolute Gasteiger partial charge is 0.507 e. The summed E-state index contributed by atoms with van der Waals surface area (Å²) >= 11 is 0. The Labute approximate surface area is 89.8 Å². The molecule has 0 spiro atoms. The van der Waals surface area contributed by atoms with Crippen LogP contribution in [0.5, 0.6) is 11.5 Å².